The van der Waals surface area contributed by atoms with Crippen LogP contribution in [0.3, 0.4) is 0 Å². The number of carbonyl (C=O) groups is 1. The monoisotopic (exact) mass is 466 g/mol. The van der Waals surface area contributed by atoms with Crippen molar-refractivity contribution >= 4 is 23.3 Å². The van der Waals surface area contributed by atoms with Gasteiger partial charge in [0.2, 0.25) is 11.9 Å². The van der Waals surface area contributed by atoms with Crippen molar-refractivity contribution in [2.24, 2.45) is 5.92 Å². The Kier molecular flexibility index (Phi) is 5.85. The standard InChI is InChI=1S/C24H31FN8O/c1-24(2,19-14-26-20-7-4-5-10-33(19)20)29-22(34)17-15-32(16-17)21-18(25)13-27-23(28-21)31-9-6-8-30(3)11-12-31/h4-5,7,10,13-14,17H,6,8-9,11-12,15-16H2,1-3H3,(H,29,34). The van der Waals surface area contributed by atoms with Gasteiger partial charge in [0.05, 0.1) is 29.5 Å². The summed E-state index contributed by atoms with van der Waals surface area (Å²) in [5, 5.41) is 3.15. The van der Waals surface area contributed by atoms with Gasteiger partial charge in [0.15, 0.2) is 11.6 Å². The van der Waals surface area contributed by atoms with E-state index in [1.54, 1.807) is 6.20 Å². The van der Waals surface area contributed by atoms with E-state index < -0.39 is 11.4 Å². The van der Waals surface area contributed by atoms with Gasteiger partial charge in [0, 0.05) is 38.9 Å². The van der Waals surface area contributed by atoms with Crippen molar-refractivity contribution in [3.8, 4) is 0 Å². The molecule has 180 valence electrons. The van der Waals surface area contributed by atoms with Gasteiger partial charge in [0.1, 0.15) is 5.65 Å². The number of nitrogens with one attached hydrogen (secondary N) is 1. The van der Waals surface area contributed by atoms with Gasteiger partial charge in [-0.2, -0.15) is 4.98 Å². The average molecular weight is 467 g/mol. The van der Waals surface area contributed by atoms with Crippen LogP contribution >= 0.6 is 0 Å². The van der Waals surface area contributed by atoms with Crippen molar-refractivity contribution < 1.29 is 9.18 Å². The first-order valence-electron chi connectivity index (χ1n) is 11.8. The molecule has 5 heterocycles. The van der Waals surface area contributed by atoms with E-state index >= 15 is 0 Å². The van der Waals surface area contributed by atoms with E-state index in [-0.39, 0.29) is 17.6 Å². The fraction of sp³-hybridized carbons (Fsp3) is 0.500. The molecule has 5 rings (SSSR count). The minimum absolute atomic E-state index is 0.0580. The number of pyridine rings is 1. The molecule has 2 aliphatic heterocycles. The lowest BCUT2D eigenvalue weighted by atomic mass is 9.95. The molecule has 2 aliphatic rings. The van der Waals surface area contributed by atoms with E-state index in [4.69, 9.17) is 0 Å². The minimum atomic E-state index is -0.606. The first kappa shape index (κ1) is 22.5. The third-order valence-corrected chi connectivity index (χ3v) is 6.76. The number of likely N-dealkylation sites (N-methyl/N-ethyl adjacent to an activating group) is 1. The van der Waals surface area contributed by atoms with Crippen LogP contribution < -0.4 is 15.1 Å². The van der Waals surface area contributed by atoms with E-state index in [1.165, 1.54) is 6.20 Å². The highest BCUT2D eigenvalue weighted by Crippen LogP contribution is 2.29. The number of rotatable bonds is 5. The van der Waals surface area contributed by atoms with Gasteiger partial charge in [-0.3, -0.25) is 4.79 Å². The fourth-order valence-corrected chi connectivity index (χ4v) is 4.66. The van der Waals surface area contributed by atoms with Crippen LogP contribution in [0.4, 0.5) is 16.2 Å². The Morgan fingerprint density at radius 1 is 1.09 bits per heavy atom. The average Bonchev–Trinajstić information content (AvgIpc) is 3.10. The highest BCUT2D eigenvalue weighted by Gasteiger charge is 2.38. The Hall–Kier alpha value is -3.27. The molecule has 0 radical (unpaired) electrons. The summed E-state index contributed by atoms with van der Waals surface area (Å²) in [5.41, 5.74) is 1.13. The number of hydrogen-bond acceptors (Lipinski definition) is 7. The first-order valence-corrected chi connectivity index (χ1v) is 11.8. The molecule has 0 aliphatic carbocycles. The molecule has 2 saturated heterocycles. The molecule has 10 heteroatoms. The lowest BCUT2D eigenvalue weighted by Gasteiger charge is -2.40. The summed E-state index contributed by atoms with van der Waals surface area (Å²) in [6, 6.07) is 5.80. The highest BCUT2D eigenvalue weighted by atomic mass is 19.1. The summed E-state index contributed by atoms with van der Waals surface area (Å²) in [7, 11) is 2.10. The zero-order valence-corrected chi connectivity index (χ0v) is 19.9. The summed E-state index contributed by atoms with van der Waals surface area (Å²) in [6.07, 6.45) is 5.99. The molecule has 1 N–H and O–H groups in total. The molecule has 0 aromatic carbocycles. The normalized spacial score (nSPS) is 18.1. The molecule has 3 aromatic rings. The van der Waals surface area contributed by atoms with E-state index in [1.807, 2.05) is 47.5 Å². The van der Waals surface area contributed by atoms with Crippen molar-refractivity contribution in [1.29, 1.82) is 0 Å². The molecule has 0 bridgehead atoms. The molecule has 1 amide bonds. The molecule has 9 nitrogen and oxygen atoms in total. The Labute approximate surface area is 198 Å². The van der Waals surface area contributed by atoms with E-state index in [0.29, 0.717) is 19.0 Å². The topological polar surface area (TPSA) is 81.9 Å². The maximum atomic E-state index is 14.6. The number of fused-ring (bicyclic) bond motifs is 1. The second-order valence-electron chi connectivity index (χ2n) is 9.77. The van der Waals surface area contributed by atoms with Crippen molar-refractivity contribution in [2.45, 2.75) is 25.8 Å². The largest absolute Gasteiger partial charge is 0.352 e. The van der Waals surface area contributed by atoms with Crippen LogP contribution in [0.5, 0.6) is 0 Å². The fourth-order valence-electron chi connectivity index (χ4n) is 4.66. The third kappa shape index (κ3) is 4.29. The smallest absolute Gasteiger partial charge is 0.227 e. The lowest BCUT2D eigenvalue weighted by molar-refractivity contribution is -0.127. The summed E-state index contributed by atoms with van der Waals surface area (Å²) >= 11 is 0. The van der Waals surface area contributed by atoms with Crippen molar-refractivity contribution in [3.05, 3.63) is 48.3 Å². The van der Waals surface area contributed by atoms with Crippen molar-refractivity contribution in [3.63, 3.8) is 0 Å². The second kappa shape index (κ2) is 8.83. The number of nitrogens with zero attached hydrogens (tertiary/aromatic N) is 7. The Bertz CT molecular complexity index is 1190. The zero-order valence-electron chi connectivity index (χ0n) is 19.9. The Morgan fingerprint density at radius 3 is 2.74 bits per heavy atom. The first-order chi connectivity index (χ1) is 16.3. The van der Waals surface area contributed by atoms with Gasteiger partial charge in [-0.15, -0.1) is 0 Å². The van der Waals surface area contributed by atoms with Crippen LogP contribution in [0, 0.1) is 11.7 Å². The maximum Gasteiger partial charge on any atom is 0.227 e. The summed E-state index contributed by atoms with van der Waals surface area (Å²) in [6.45, 7) is 8.38. The Morgan fingerprint density at radius 2 is 1.91 bits per heavy atom. The van der Waals surface area contributed by atoms with Crippen LogP contribution in [0.2, 0.25) is 0 Å². The van der Waals surface area contributed by atoms with Crippen molar-refractivity contribution in [2.75, 3.05) is 56.1 Å². The zero-order chi connectivity index (χ0) is 23.9. The van der Waals surface area contributed by atoms with E-state index in [9.17, 15) is 9.18 Å². The van der Waals surface area contributed by atoms with Gasteiger partial charge in [0.25, 0.3) is 0 Å². The van der Waals surface area contributed by atoms with Crippen LogP contribution in [0.15, 0.2) is 36.8 Å². The molecule has 0 unspecified atom stereocenters. The maximum absolute atomic E-state index is 14.6. The number of aromatic nitrogens is 4. The number of hydrogen-bond donors (Lipinski definition) is 1. The number of carbonyl (C=O) groups excluding carboxylic acids is 1. The van der Waals surface area contributed by atoms with Crippen LogP contribution in [0.25, 0.3) is 5.65 Å². The number of anilines is 2. The molecule has 3 aromatic heterocycles. The van der Waals surface area contributed by atoms with Gasteiger partial charge in [-0.1, -0.05) is 6.07 Å². The summed E-state index contributed by atoms with van der Waals surface area (Å²) in [5.74, 6) is 0.0714. The molecule has 0 saturated carbocycles. The van der Waals surface area contributed by atoms with Gasteiger partial charge < -0.3 is 24.4 Å². The quantitative estimate of drug-likeness (QED) is 0.615. The summed E-state index contributed by atoms with van der Waals surface area (Å²) < 4.78 is 16.6. The molecule has 34 heavy (non-hydrogen) atoms. The number of amides is 1. The highest BCUT2D eigenvalue weighted by molar-refractivity contribution is 5.82. The van der Waals surface area contributed by atoms with Gasteiger partial charge >= 0.3 is 0 Å². The van der Waals surface area contributed by atoms with Gasteiger partial charge in [-0.25, -0.2) is 14.4 Å². The predicted molar refractivity (Wildman–Crippen MR) is 128 cm³/mol. The predicted octanol–water partition coefficient (Wildman–Crippen LogP) is 1.89. The molecule has 2 fully saturated rings. The van der Waals surface area contributed by atoms with Crippen molar-refractivity contribution in [1.82, 2.24) is 29.6 Å². The molecule has 0 spiro atoms. The van der Waals surface area contributed by atoms with E-state index in [0.717, 1.165) is 43.9 Å². The minimum Gasteiger partial charge on any atom is -0.352 e. The third-order valence-electron chi connectivity index (χ3n) is 6.76. The molecular weight excluding hydrogens is 435 g/mol. The number of imidazole rings is 1. The number of halogens is 1. The SMILES string of the molecule is CN1CCCN(c2ncc(F)c(N3CC(C(=O)NC(C)(C)c4cnc5ccccn45)C3)n2)CC1. The molecule has 0 atom stereocenters. The lowest BCUT2D eigenvalue weighted by Crippen LogP contribution is -2.57. The van der Waals surface area contributed by atoms with Crippen LogP contribution in [-0.2, 0) is 10.3 Å². The summed E-state index contributed by atoms with van der Waals surface area (Å²) in [4.78, 5) is 32.4. The van der Waals surface area contributed by atoms with E-state index in [2.05, 4.69) is 37.1 Å². The Balaban J connectivity index is 1.24. The van der Waals surface area contributed by atoms with Gasteiger partial charge in [-0.05, 0) is 46.0 Å². The molecular formula is C24H31FN8O. The van der Waals surface area contributed by atoms with Crippen LogP contribution in [-0.4, -0.2) is 76.5 Å². The van der Waals surface area contributed by atoms with Crippen LogP contribution in [0.1, 0.15) is 26.0 Å². The second-order valence-corrected chi connectivity index (χ2v) is 9.77.